The Balaban J connectivity index is 1.41. The highest BCUT2D eigenvalue weighted by atomic mass is 19.1. The van der Waals surface area contributed by atoms with Crippen LogP contribution in [0.15, 0.2) is 48.8 Å². The molecule has 1 N–H and O–H groups in total. The van der Waals surface area contributed by atoms with Gasteiger partial charge in [0.2, 0.25) is 11.8 Å². The van der Waals surface area contributed by atoms with Gasteiger partial charge in [0.1, 0.15) is 5.82 Å². The highest BCUT2D eigenvalue weighted by Gasteiger charge is 2.24. The number of carbonyl (C=O) groups is 2. The van der Waals surface area contributed by atoms with E-state index in [4.69, 9.17) is 4.74 Å². The number of nitrogens with zero attached hydrogens (tertiary/aromatic N) is 2. The smallest absolute Gasteiger partial charge is 0.224 e. The van der Waals surface area contributed by atoms with Crippen molar-refractivity contribution in [3.05, 3.63) is 60.2 Å². The lowest BCUT2D eigenvalue weighted by atomic mass is 10.1. The van der Waals surface area contributed by atoms with Crippen molar-refractivity contribution in [3.63, 3.8) is 0 Å². The van der Waals surface area contributed by atoms with Crippen LogP contribution in [0.1, 0.15) is 31.2 Å². The number of ether oxygens (including phenoxy) is 1. The minimum atomic E-state index is -0.417. The number of pyridine rings is 1. The Morgan fingerprint density at radius 3 is 2.93 bits per heavy atom. The molecule has 0 aliphatic carbocycles. The van der Waals surface area contributed by atoms with Crippen LogP contribution in [-0.2, 0) is 20.9 Å². The maximum atomic E-state index is 13.2. The van der Waals surface area contributed by atoms with E-state index >= 15 is 0 Å². The Hall–Kier alpha value is -2.80. The van der Waals surface area contributed by atoms with Gasteiger partial charge < -0.3 is 15.0 Å². The minimum Gasteiger partial charge on any atom is -0.372 e. The first-order valence-electron chi connectivity index (χ1n) is 9.44. The number of nitrogens with one attached hydrogen (secondary N) is 1. The van der Waals surface area contributed by atoms with Crippen molar-refractivity contribution in [2.24, 2.45) is 0 Å². The molecule has 3 rings (SSSR count). The van der Waals surface area contributed by atoms with Gasteiger partial charge in [0.15, 0.2) is 0 Å². The number of aromatic nitrogens is 1. The molecule has 0 radical (unpaired) electrons. The molecule has 1 fully saturated rings. The van der Waals surface area contributed by atoms with Crippen LogP contribution in [0.4, 0.5) is 10.1 Å². The average molecular weight is 385 g/mol. The number of amides is 2. The molecule has 1 unspecified atom stereocenters. The summed E-state index contributed by atoms with van der Waals surface area (Å²) in [5.41, 5.74) is 1.39. The van der Waals surface area contributed by atoms with Crippen molar-refractivity contribution in [3.8, 4) is 0 Å². The van der Waals surface area contributed by atoms with Gasteiger partial charge in [-0.05, 0) is 42.7 Å². The molecule has 1 aromatic carbocycles. The number of benzene rings is 1. The van der Waals surface area contributed by atoms with E-state index in [1.54, 1.807) is 23.4 Å². The van der Waals surface area contributed by atoms with Crippen LogP contribution in [0.3, 0.4) is 0 Å². The first-order valence-corrected chi connectivity index (χ1v) is 9.44. The summed E-state index contributed by atoms with van der Waals surface area (Å²) >= 11 is 0. The molecule has 2 heterocycles. The molecule has 148 valence electrons. The van der Waals surface area contributed by atoms with Crippen LogP contribution in [0.5, 0.6) is 0 Å². The molecule has 1 aromatic heterocycles. The van der Waals surface area contributed by atoms with Crippen molar-refractivity contribution in [1.29, 1.82) is 0 Å². The summed E-state index contributed by atoms with van der Waals surface area (Å²) in [5, 5.41) is 2.61. The molecule has 28 heavy (non-hydrogen) atoms. The molecule has 1 saturated heterocycles. The number of carbonyl (C=O) groups excluding carboxylic acids is 2. The van der Waals surface area contributed by atoms with Crippen LogP contribution in [0.25, 0.3) is 0 Å². The number of halogens is 1. The number of anilines is 1. The predicted molar refractivity (Wildman–Crippen MR) is 103 cm³/mol. The van der Waals surface area contributed by atoms with Crippen LogP contribution in [0.2, 0.25) is 0 Å². The number of piperidine rings is 1. The van der Waals surface area contributed by atoms with E-state index < -0.39 is 5.82 Å². The molecule has 1 atom stereocenters. The lowest BCUT2D eigenvalue weighted by molar-refractivity contribution is -0.136. The fourth-order valence-corrected chi connectivity index (χ4v) is 3.17. The lowest BCUT2D eigenvalue weighted by Crippen LogP contribution is -2.43. The first-order chi connectivity index (χ1) is 13.6. The van der Waals surface area contributed by atoms with Gasteiger partial charge in [0.25, 0.3) is 0 Å². The largest absolute Gasteiger partial charge is 0.372 e. The van der Waals surface area contributed by atoms with E-state index in [9.17, 15) is 14.0 Å². The van der Waals surface area contributed by atoms with E-state index in [-0.39, 0.29) is 30.8 Å². The lowest BCUT2D eigenvalue weighted by Gasteiger charge is -2.32. The highest BCUT2D eigenvalue weighted by molar-refractivity contribution is 5.93. The van der Waals surface area contributed by atoms with Gasteiger partial charge in [-0.1, -0.05) is 12.1 Å². The van der Waals surface area contributed by atoms with Gasteiger partial charge in [-0.15, -0.1) is 0 Å². The molecule has 7 heteroatoms. The zero-order valence-corrected chi connectivity index (χ0v) is 15.6. The van der Waals surface area contributed by atoms with Crippen molar-refractivity contribution < 1.29 is 18.7 Å². The summed E-state index contributed by atoms with van der Waals surface area (Å²) in [6, 6.07) is 9.50. The van der Waals surface area contributed by atoms with Crippen LogP contribution in [0, 0.1) is 5.82 Å². The van der Waals surface area contributed by atoms with Crippen molar-refractivity contribution in [1.82, 2.24) is 9.88 Å². The first kappa shape index (κ1) is 19.9. The molecular weight excluding hydrogens is 361 g/mol. The molecule has 2 aromatic rings. The second-order valence-electron chi connectivity index (χ2n) is 6.83. The Bertz CT molecular complexity index is 800. The van der Waals surface area contributed by atoms with Gasteiger partial charge in [0.05, 0.1) is 12.7 Å². The van der Waals surface area contributed by atoms with Gasteiger partial charge in [-0.25, -0.2) is 4.39 Å². The van der Waals surface area contributed by atoms with E-state index in [0.717, 1.165) is 18.4 Å². The summed E-state index contributed by atoms with van der Waals surface area (Å²) in [6.07, 6.45) is 5.43. The third-order valence-electron chi connectivity index (χ3n) is 4.61. The maximum absolute atomic E-state index is 13.2. The Labute approximate surface area is 163 Å². The number of hydrogen-bond donors (Lipinski definition) is 1. The van der Waals surface area contributed by atoms with E-state index in [0.29, 0.717) is 25.4 Å². The summed E-state index contributed by atoms with van der Waals surface area (Å²) < 4.78 is 19.1. The Morgan fingerprint density at radius 1 is 1.25 bits per heavy atom. The number of rotatable bonds is 7. The molecule has 0 spiro atoms. The highest BCUT2D eigenvalue weighted by Crippen LogP contribution is 2.17. The average Bonchev–Trinajstić information content (AvgIpc) is 2.71. The van der Waals surface area contributed by atoms with Crippen LogP contribution >= 0.6 is 0 Å². The van der Waals surface area contributed by atoms with Crippen molar-refractivity contribution >= 4 is 17.5 Å². The summed E-state index contributed by atoms with van der Waals surface area (Å²) in [6.45, 7) is 1.68. The topological polar surface area (TPSA) is 71.5 Å². The molecule has 0 bridgehead atoms. The van der Waals surface area contributed by atoms with Crippen molar-refractivity contribution in [2.75, 3.05) is 18.4 Å². The zero-order valence-electron chi connectivity index (χ0n) is 15.6. The van der Waals surface area contributed by atoms with Gasteiger partial charge in [0, 0.05) is 44.0 Å². The molecule has 6 nitrogen and oxygen atoms in total. The van der Waals surface area contributed by atoms with E-state index in [1.807, 2.05) is 12.1 Å². The maximum Gasteiger partial charge on any atom is 0.224 e. The Kier molecular flexibility index (Phi) is 7.08. The third-order valence-corrected chi connectivity index (χ3v) is 4.61. The van der Waals surface area contributed by atoms with Crippen LogP contribution < -0.4 is 5.32 Å². The minimum absolute atomic E-state index is 0.0148. The third kappa shape index (κ3) is 6.13. The zero-order chi connectivity index (χ0) is 19.8. The van der Waals surface area contributed by atoms with Gasteiger partial charge in [-0.2, -0.15) is 0 Å². The normalized spacial score (nSPS) is 16.6. The second kappa shape index (κ2) is 9.94. The summed E-state index contributed by atoms with van der Waals surface area (Å²) in [5.74, 6) is -0.788. The fraction of sp³-hybridized carbons (Fsp3) is 0.381. The Morgan fingerprint density at radius 2 is 2.14 bits per heavy atom. The molecule has 1 aliphatic heterocycles. The molecule has 1 aliphatic rings. The monoisotopic (exact) mass is 385 g/mol. The molecule has 0 saturated carbocycles. The fourth-order valence-electron chi connectivity index (χ4n) is 3.17. The quantitative estimate of drug-likeness (QED) is 0.795. The standard InChI is InChI=1S/C21H24FN3O3/c22-17-5-1-6-18(12-17)24-20(26)8-9-21(27)25-11-3-7-19(14-25)28-15-16-4-2-10-23-13-16/h1-2,4-6,10,12-13,19H,3,7-9,11,14-15H2,(H,24,26). The second-order valence-corrected chi connectivity index (χ2v) is 6.83. The SMILES string of the molecule is O=C(CCC(=O)N1CCCC(OCc2cccnc2)C1)Nc1cccc(F)c1. The molecule has 2 amide bonds. The summed E-state index contributed by atoms with van der Waals surface area (Å²) in [4.78, 5) is 30.3. The number of likely N-dealkylation sites (tertiary alicyclic amines) is 1. The van der Waals surface area contributed by atoms with E-state index in [2.05, 4.69) is 10.3 Å². The predicted octanol–water partition coefficient (Wildman–Crippen LogP) is 3.15. The number of hydrogen-bond acceptors (Lipinski definition) is 4. The molecular formula is C21H24FN3O3. The van der Waals surface area contributed by atoms with Crippen molar-refractivity contribution in [2.45, 2.75) is 38.4 Å². The van der Waals surface area contributed by atoms with E-state index in [1.165, 1.54) is 18.2 Å². The van der Waals surface area contributed by atoms with Gasteiger partial charge in [-0.3, -0.25) is 14.6 Å². The van der Waals surface area contributed by atoms with Gasteiger partial charge >= 0.3 is 0 Å². The van der Waals surface area contributed by atoms with Crippen LogP contribution in [-0.4, -0.2) is 40.9 Å². The summed E-state index contributed by atoms with van der Waals surface area (Å²) in [7, 11) is 0.